The summed E-state index contributed by atoms with van der Waals surface area (Å²) in [6.07, 6.45) is -14.7. The maximum atomic E-state index is 14.0. The average molecular weight is 668 g/mol. The van der Waals surface area contributed by atoms with Crippen molar-refractivity contribution in [1.82, 2.24) is 14.8 Å². The molecule has 5 nitrogen and oxygen atoms in total. The predicted octanol–water partition coefficient (Wildman–Crippen LogP) is 8.08. The summed E-state index contributed by atoms with van der Waals surface area (Å²) in [6, 6.07) is 15.0. The smallest absolute Gasteiger partial charge is 0.335 e. The second kappa shape index (κ2) is 12.9. The number of rotatable bonds is 6. The van der Waals surface area contributed by atoms with Gasteiger partial charge in [-0.05, 0) is 60.7 Å². The van der Waals surface area contributed by atoms with E-state index in [4.69, 9.17) is 0 Å². The molecule has 1 aromatic heterocycles. The van der Waals surface area contributed by atoms with Crippen LogP contribution >= 0.6 is 0 Å². The van der Waals surface area contributed by atoms with Crippen molar-refractivity contribution in [3.63, 3.8) is 0 Å². The van der Waals surface area contributed by atoms with Crippen molar-refractivity contribution in [1.29, 1.82) is 0 Å². The Kier molecular flexibility index (Phi) is 9.24. The third kappa shape index (κ3) is 7.68. The molecule has 0 N–H and O–H groups in total. The van der Waals surface area contributed by atoms with Gasteiger partial charge in [0.05, 0.1) is 16.6 Å². The van der Waals surface area contributed by atoms with Crippen LogP contribution < -0.4 is 0 Å². The molecule has 0 radical (unpaired) electrons. The molecule has 0 bridgehead atoms. The van der Waals surface area contributed by atoms with Crippen molar-refractivity contribution in [3.05, 3.63) is 113 Å². The first-order valence-corrected chi connectivity index (χ1v) is 14.4. The number of fused-ring (bicyclic) bond motifs is 1. The molecule has 3 aromatic carbocycles. The number of hydrogen-bond acceptors (Lipinski definition) is 3. The SMILES string of the molecule is O=C(c1cc(C(F)(F)F)cc(C(F)(F)F)c1)N1CC[C@H](N(Cc2ccnc3ccccc23)C(=O)C(F)(F)F)C[C@H]1Cc1ccccc1. The molecule has 5 rings (SSSR count). The molecule has 1 saturated heterocycles. The van der Waals surface area contributed by atoms with Gasteiger partial charge in [-0.3, -0.25) is 14.6 Å². The standard InChI is InChI=1S/C33H26F9N3O2/c34-31(35,36)23-15-22(16-24(17-23)32(37,38)39)29(46)44-13-11-25(18-26(44)14-20-6-2-1-3-7-20)45(30(47)33(40,41)42)19-21-10-12-43-28-9-5-4-8-27(21)28/h1-10,12,15-17,25-26H,11,13-14,18-19H2/t25-,26+/m0/s1. The lowest BCUT2D eigenvalue weighted by Crippen LogP contribution is -2.55. The second-order valence-corrected chi connectivity index (χ2v) is 11.2. The summed E-state index contributed by atoms with van der Waals surface area (Å²) in [5.74, 6) is -3.26. The molecule has 2 atom stereocenters. The number of para-hydroxylation sites is 1. The van der Waals surface area contributed by atoms with Crippen LogP contribution in [-0.2, 0) is 30.1 Å². The van der Waals surface area contributed by atoms with Crippen LogP contribution in [0.3, 0.4) is 0 Å². The van der Waals surface area contributed by atoms with Crippen molar-refractivity contribution < 1.29 is 49.1 Å². The highest BCUT2D eigenvalue weighted by molar-refractivity contribution is 5.95. The number of carbonyl (C=O) groups excluding carboxylic acids is 2. The molecule has 47 heavy (non-hydrogen) atoms. The molecule has 0 aliphatic carbocycles. The fraction of sp³-hybridized carbons (Fsp3) is 0.303. The lowest BCUT2D eigenvalue weighted by molar-refractivity contribution is -0.189. The maximum absolute atomic E-state index is 14.0. The molecule has 2 heterocycles. The summed E-state index contributed by atoms with van der Waals surface area (Å²) in [7, 11) is 0. The zero-order valence-electron chi connectivity index (χ0n) is 24.3. The highest BCUT2D eigenvalue weighted by Gasteiger charge is 2.47. The normalized spacial score (nSPS) is 17.5. The van der Waals surface area contributed by atoms with E-state index in [1.807, 2.05) is 0 Å². The third-order valence-electron chi connectivity index (χ3n) is 8.12. The van der Waals surface area contributed by atoms with Gasteiger partial charge in [0.25, 0.3) is 5.91 Å². The number of benzene rings is 3. The molecule has 1 fully saturated rings. The van der Waals surface area contributed by atoms with Crippen molar-refractivity contribution in [3.8, 4) is 0 Å². The van der Waals surface area contributed by atoms with Crippen molar-refractivity contribution in [2.75, 3.05) is 6.54 Å². The first kappa shape index (κ1) is 33.7. The Hall–Kier alpha value is -4.62. The molecule has 1 aliphatic rings. The first-order chi connectivity index (χ1) is 22.0. The lowest BCUT2D eigenvalue weighted by atomic mass is 9.89. The van der Waals surface area contributed by atoms with Gasteiger partial charge in [0.2, 0.25) is 0 Å². The van der Waals surface area contributed by atoms with Gasteiger partial charge in [-0.1, -0.05) is 48.5 Å². The van der Waals surface area contributed by atoms with Crippen LogP contribution in [0.2, 0.25) is 0 Å². The van der Waals surface area contributed by atoms with Crippen LogP contribution in [0.1, 0.15) is 45.5 Å². The minimum atomic E-state index is -5.25. The Morgan fingerprint density at radius 3 is 2.04 bits per heavy atom. The average Bonchev–Trinajstić information content (AvgIpc) is 3.02. The molecular weight excluding hydrogens is 641 g/mol. The summed E-state index contributed by atoms with van der Waals surface area (Å²) in [4.78, 5) is 32.5. The van der Waals surface area contributed by atoms with Gasteiger partial charge in [-0.25, -0.2) is 0 Å². The Morgan fingerprint density at radius 2 is 1.43 bits per heavy atom. The van der Waals surface area contributed by atoms with E-state index in [0.29, 0.717) is 39.1 Å². The highest BCUT2D eigenvalue weighted by Crippen LogP contribution is 2.38. The van der Waals surface area contributed by atoms with Crippen LogP contribution in [0, 0.1) is 0 Å². The van der Waals surface area contributed by atoms with Gasteiger partial charge < -0.3 is 9.80 Å². The zero-order chi connectivity index (χ0) is 34.1. The predicted molar refractivity (Wildman–Crippen MR) is 153 cm³/mol. The van der Waals surface area contributed by atoms with Gasteiger partial charge in [0.15, 0.2) is 0 Å². The first-order valence-electron chi connectivity index (χ1n) is 14.4. The summed E-state index contributed by atoms with van der Waals surface area (Å²) >= 11 is 0. The number of hydrogen-bond donors (Lipinski definition) is 0. The Bertz CT molecular complexity index is 1720. The monoisotopic (exact) mass is 667 g/mol. The Balaban J connectivity index is 1.52. The van der Waals surface area contributed by atoms with Crippen LogP contribution in [-0.4, -0.2) is 51.4 Å². The Morgan fingerprint density at radius 1 is 0.809 bits per heavy atom. The molecule has 1 aliphatic heterocycles. The van der Waals surface area contributed by atoms with Crippen molar-refractivity contribution in [2.24, 2.45) is 0 Å². The fourth-order valence-corrected chi connectivity index (χ4v) is 5.91. The molecule has 0 saturated carbocycles. The van der Waals surface area contributed by atoms with Crippen LogP contribution in [0.25, 0.3) is 10.9 Å². The summed E-state index contributed by atoms with van der Waals surface area (Å²) in [5, 5.41) is 0.522. The molecule has 14 heteroatoms. The number of nitrogens with zero attached hydrogens (tertiary/aromatic N) is 3. The Labute approximate surface area is 262 Å². The van der Waals surface area contributed by atoms with E-state index < -0.39 is 65.7 Å². The topological polar surface area (TPSA) is 53.5 Å². The quantitative estimate of drug-likeness (QED) is 0.196. The van der Waals surface area contributed by atoms with E-state index in [-0.39, 0.29) is 31.9 Å². The van der Waals surface area contributed by atoms with Gasteiger partial charge in [0.1, 0.15) is 0 Å². The second-order valence-electron chi connectivity index (χ2n) is 11.2. The van der Waals surface area contributed by atoms with Gasteiger partial charge >= 0.3 is 24.4 Å². The molecule has 2 amide bonds. The summed E-state index contributed by atoms with van der Waals surface area (Å²) in [6.45, 7) is -0.794. The number of likely N-dealkylation sites (tertiary alicyclic amines) is 1. The van der Waals surface area contributed by atoms with Gasteiger partial charge in [-0.15, -0.1) is 0 Å². The summed E-state index contributed by atoms with van der Waals surface area (Å²) in [5.41, 5.74) is -2.71. The third-order valence-corrected chi connectivity index (χ3v) is 8.12. The van der Waals surface area contributed by atoms with Crippen LogP contribution in [0.15, 0.2) is 85.1 Å². The lowest BCUT2D eigenvalue weighted by Gasteiger charge is -2.44. The molecule has 0 spiro atoms. The molecule has 248 valence electrons. The largest absolute Gasteiger partial charge is 0.471 e. The zero-order valence-corrected chi connectivity index (χ0v) is 24.3. The van der Waals surface area contributed by atoms with Crippen molar-refractivity contribution in [2.45, 2.75) is 56.4 Å². The molecular formula is C33H26F9N3O2. The minimum Gasteiger partial charge on any atom is -0.335 e. The van der Waals surface area contributed by atoms with E-state index in [9.17, 15) is 49.1 Å². The van der Waals surface area contributed by atoms with E-state index in [1.54, 1.807) is 54.6 Å². The number of amides is 2. The van der Waals surface area contributed by atoms with Gasteiger partial charge in [-0.2, -0.15) is 39.5 Å². The fourth-order valence-electron chi connectivity index (χ4n) is 5.91. The maximum Gasteiger partial charge on any atom is 0.471 e. The number of halogens is 9. The number of alkyl halides is 9. The number of aromatic nitrogens is 1. The number of carbonyl (C=O) groups is 2. The van der Waals surface area contributed by atoms with E-state index >= 15 is 0 Å². The van der Waals surface area contributed by atoms with Gasteiger partial charge in [0, 0.05) is 42.3 Å². The van der Waals surface area contributed by atoms with Crippen LogP contribution in [0.5, 0.6) is 0 Å². The van der Waals surface area contributed by atoms with E-state index in [2.05, 4.69) is 4.98 Å². The summed E-state index contributed by atoms with van der Waals surface area (Å²) < 4.78 is 123. The van der Waals surface area contributed by atoms with Crippen molar-refractivity contribution >= 4 is 22.7 Å². The number of pyridine rings is 1. The van der Waals surface area contributed by atoms with E-state index in [1.165, 1.54) is 12.3 Å². The minimum absolute atomic E-state index is 0.0143. The molecule has 4 aromatic rings. The van der Waals surface area contributed by atoms with E-state index in [0.717, 1.165) is 4.90 Å². The molecule has 0 unspecified atom stereocenters. The van der Waals surface area contributed by atoms with Crippen LogP contribution in [0.4, 0.5) is 39.5 Å². The number of piperidine rings is 1. The highest BCUT2D eigenvalue weighted by atomic mass is 19.4.